The predicted molar refractivity (Wildman–Crippen MR) is 101 cm³/mol. The van der Waals surface area contributed by atoms with E-state index in [9.17, 15) is 4.79 Å². The van der Waals surface area contributed by atoms with Crippen LogP contribution >= 0.6 is 22.9 Å². The third-order valence-electron chi connectivity index (χ3n) is 3.45. The van der Waals surface area contributed by atoms with Crippen LogP contribution in [0.1, 0.15) is 5.89 Å². The van der Waals surface area contributed by atoms with Crippen LogP contribution in [0.3, 0.4) is 0 Å². The molecule has 0 saturated heterocycles. The minimum atomic E-state index is -0.203. The second kappa shape index (κ2) is 8.31. The van der Waals surface area contributed by atoms with Gasteiger partial charge in [-0.1, -0.05) is 17.7 Å². The summed E-state index contributed by atoms with van der Waals surface area (Å²) in [6.45, 7) is 0.505. The van der Waals surface area contributed by atoms with Crippen LogP contribution in [-0.4, -0.2) is 41.7 Å². The number of carbonyl (C=O) groups excluding carboxylic acids is 1. The van der Waals surface area contributed by atoms with E-state index in [1.807, 2.05) is 17.5 Å². The van der Waals surface area contributed by atoms with E-state index in [0.717, 1.165) is 4.88 Å². The smallest absolute Gasteiger partial charge is 0.257 e. The van der Waals surface area contributed by atoms with Crippen molar-refractivity contribution in [3.63, 3.8) is 0 Å². The second-order valence-corrected chi connectivity index (χ2v) is 6.93. The van der Waals surface area contributed by atoms with E-state index in [0.29, 0.717) is 34.8 Å². The molecule has 0 spiro atoms. The minimum Gasteiger partial charge on any atom is -0.495 e. The van der Waals surface area contributed by atoms with Crippen LogP contribution in [0.2, 0.25) is 5.02 Å². The number of hydrogen-bond acceptors (Lipinski definition) is 7. The summed E-state index contributed by atoms with van der Waals surface area (Å²) in [5, 5.41) is 13.3. The number of thiophene rings is 1. The maximum atomic E-state index is 12.3. The summed E-state index contributed by atoms with van der Waals surface area (Å²) >= 11 is 7.50. The summed E-state index contributed by atoms with van der Waals surface area (Å²) < 4.78 is 10.8. The number of rotatable bonds is 7. The fourth-order valence-corrected chi connectivity index (χ4v) is 3.13. The quantitative estimate of drug-likeness (QED) is 0.662. The highest BCUT2D eigenvalue weighted by atomic mass is 35.5. The lowest BCUT2D eigenvalue weighted by Gasteiger charge is -2.15. The van der Waals surface area contributed by atoms with Crippen molar-refractivity contribution in [2.45, 2.75) is 6.54 Å². The van der Waals surface area contributed by atoms with Gasteiger partial charge in [0.15, 0.2) is 0 Å². The Morgan fingerprint density at radius 1 is 1.38 bits per heavy atom. The number of carbonyl (C=O) groups is 1. The number of aromatic nitrogens is 2. The first-order chi connectivity index (χ1) is 12.5. The largest absolute Gasteiger partial charge is 0.495 e. The molecular formula is C17H17ClN4O3S. The first-order valence-electron chi connectivity index (χ1n) is 7.73. The monoisotopic (exact) mass is 392 g/mol. The molecule has 0 aliphatic heterocycles. The van der Waals surface area contributed by atoms with Crippen LogP contribution in [0, 0.1) is 0 Å². The highest BCUT2D eigenvalue weighted by Crippen LogP contribution is 2.27. The molecule has 2 aromatic heterocycles. The fourth-order valence-electron chi connectivity index (χ4n) is 2.32. The van der Waals surface area contributed by atoms with E-state index >= 15 is 0 Å². The van der Waals surface area contributed by atoms with Crippen molar-refractivity contribution >= 4 is 34.5 Å². The molecule has 9 heteroatoms. The lowest BCUT2D eigenvalue weighted by atomic mass is 10.3. The average Bonchev–Trinajstić information content (AvgIpc) is 3.26. The van der Waals surface area contributed by atoms with Gasteiger partial charge in [0, 0.05) is 5.02 Å². The maximum Gasteiger partial charge on any atom is 0.257 e. The van der Waals surface area contributed by atoms with Gasteiger partial charge in [-0.25, -0.2) is 0 Å². The summed E-state index contributed by atoms with van der Waals surface area (Å²) in [7, 11) is 3.33. The maximum absolute atomic E-state index is 12.3. The molecular weight excluding hydrogens is 376 g/mol. The van der Waals surface area contributed by atoms with E-state index in [1.54, 1.807) is 30.1 Å². The minimum absolute atomic E-state index is 0.145. The van der Waals surface area contributed by atoms with Crippen molar-refractivity contribution in [2.24, 2.45) is 0 Å². The summed E-state index contributed by atoms with van der Waals surface area (Å²) in [6.07, 6.45) is 0. The summed E-state index contributed by atoms with van der Waals surface area (Å²) in [5.74, 6) is 1.27. The molecule has 0 bridgehead atoms. The number of hydrogen-bond donors (Lipinski definition) is 1. The molecule has 2 heterocycles. The van der Waals surface area contributed by atoms with E-state index in [4.69, 9.17) is 20.8 Å². The Labute approximate surface area is 159 Å². The number of nitrogens with zero attached hydrogens (tertiary/aromatic N) is 3. The number of nitrogens with one attached hydrogen (secondary N) is 1. The molecule has 1 amide bonds. The van der Waals surface area contributed by atoms with Crippen LogP contribution in [0.4, 0.5) is 5.69 Å². The molecule has 0 aliphatic rings. The van der Waals surface area contributed by atoms with Gasteiger partial charge in [-0.05, 0) is 36.7 Å². The zero-order valence-corrected chi connectivity index (χ0v) is 15.8. The highest BCUT2D eigenvalue weighted by Gasteiger charge is 2.14. The second-order valence-electron chi connectivity index (χ2n) is 5.54. The molecule has 7 nitrogen and oxygen atoms in total. The van der Waals surface area contributed by atoms with Crippen molar-refractivity contribution in [1.82, 2.24) is 15.1 Å². The SMILES string of the molecule is COc1ccc(Cl)cc1NC(=O)CN(C)Cc1nnc(-c2cccs2)o1. The first kappa shape index (κ1) is 18.4. The molecule has 1 aromatic carbocycles. The molecule has 0 radical (unpaired) electrons. The van der Waals surface area contributed by atoms with Crippen LogP contribution in [0.15, 0.2) is 40.1 Å². The molecule has 3 rings (SSSR count). The Hall–Kier alpha value is -2.42. The number of benzene rings is 1. The number of anilines is 1. The Morgan fingerprint density at radius 3 is 2.96 bits per heavy atom. The van der Waals surface area contributed by atoms with E-state index in [-0.39, 0.29) is 12.5 Å². The molecule has 0 fully saturated rings. The molecule has 0 unspecified atom stereocenters. The lowest BCUT2D eigenvalue weighted by molar-refractivity contribution is -0.117. The van der Waals surface area contributed by atoms with Gasteiger partial charge in [0.05, 0.1) is 30.8 Å². The van der Waals surface area contributed by atoms with Crippen molar-refractivity contribution in [1.29, 1.82) is 0 Å². The first-order valence-corrected chi connectivity index (χ1v) is 8.99. The fraction of sp³-hybridized carbons (Fsp3) is 0.235. The molecule has 0 saturated carbocycles. The standard InChI is InChI=1S/C17H17ClN4O3S/c1-22(10-16-20-21-17(25-16)14-4-3-7-26-14)9-15(23)19-12-8-11(18)5-6-13(12)24-2/h3-8H,9-10H2,1-2H3,(H,19,23). The Kier molecular flexibility index (Phi) is 5.87. The van der Waals surface area contributed by atoms with E-state index in [1.165, 1.54) is 18.4 Å². The topological polar surface area (TPSA) is 80.5 Å². The third-order valence-corrected chi connectivity index (χ3v) is 4.55. The molecule has 136 valence electrons. The summed E-state index contributed by atoms with van der Waals surface area (Å²) in [5.41, 5.74) is 0.524. The van der Waals surface area contributed by atoms with Crippen LogP contribution in [-0.2, 0) is 11.3 Å². The third kappa shape index (κ3) is 4.60. The van der Waals surface area contributed by atoms with Crippen molar-refractivity contribution in [3.05, 3.63) is 46.6 Å². The number of methoxy groups -OCH3 is 1. The predicted octanol–water partition coefficient (Wildman–Crippen LogP) is 3.53. The van der Waals surface area contributed by atoms with Gasteiger partial charge < -0.3 is 14.5 Å². The van der Waals surface area contributed by atoms with E-state index in [2.05, 4.69) is 15.5 Å². The van der Waals surface area contributed by atoms with Gasteiger partial charge >= 0.3 is 0 Å². The van der Waals surface area contributed by atoms with Gasteiger partial charge in [-0.2, -0.15) is 0 Å². The molecule has 26 heavy (non-hydrogen) atoms. The zero-order valence-electron chi connectivity index (χ0n) is 14.2. The molecule has 3 aromatic rings. The van der Waals surface area contributed by atoms with Crippen LogP contribution in [0.5, 0.6) is 5.75 Å². The number of amides is 1. The van der Waals surface area contributed by atoms with Crippen molar-refractivity contribution < 1.29 is 13.9 Å². The molecule has 1 N–H and O–H groups in total. The van der Waals surface area contributed by atoms with Gasteiger partial charge in [0.2, 0.25) is 11.8 Å². The summed E-state index contributed by atoms with van der Waals surface area (Å²) in [4.78, 5) is 15.0. The Balaban J connectivity index is 1.57. The number of halogens is 1. The van der Waals surface area contributed by atoms with Gasteiger partial charge in [-0.15, -0.1) is 21.5 Å². The number of likely N-dealkylation sites (N-methyl/N-ethyl adjacent to an activating group) is 1. The zero-order chi connectivity index (χ0) is 18.5. The Bertz CT molecular complexity index is 882. The van der Waals surface area contributed by atoms with Crippen LogP contribution in [0.25, 0.3) is 10.8 Å². The highest BCUT2D eigenvalue weighted by molar-refractivity contribution is 7.13. The van der Waals surface area contributed by atoms with Gasteiger partial charge in [0.1, 0.15) is 5.75 Å². The van der Waals surface area contributed by atoms with Gasteiger partial charge in [-0.3, -0.25) is 9.69 Å². The summed E-state index contributed by atoms with van der Waals surface area (Å²) in [6, 6.07) is 8.88. The lowest BCUT2D eigenvalue weighted by Crippen LogP contribution is -2.30. The number of ether oxygens (including phenoxy) is 1. The van der Waals surface area contributed by atoms with E-state index < -0.39 is 0 Å². The molecule has 0 atom stereocenters. The normalized spacial score (nSPS) is 10.9. The average molecular weight is 393 g/mol. The van der Waals surface area contributed by atoms with Gasteiger partial charge in [0.25, 0.3) is 5.89 Å². The van der Waals surface area contributed by atoms with Crippen molar-refractivity contribution in [3.8, 4) is 16.5 Å². The Morgan fingerprint density at radius 2 is 2.23 bits per heavy atom. The van der Waals surface area contributed by atoms with Crippen molar-refractivity contribution in [2.75, 3.05) is 26.0 Å². The van der Waals surface area contributed by atoms with Crippen LogP contribution < -0.4 is 10.1 Å². The molecule has 0 aliphatic carbocycles.